The van der Waals surface area contributed by atoms with Gasteiger partial charge in [0.2, 0.25) is 0 Å². The summed E-state index contributed by atoms with van der Waals surface area (Å²) in [6, 6.07) is 6.40. The maximum absolute atomic E-state index is 10.5. The molecule has 22 heavy (non-hydrogen) atoms. The molecule has 5 heteroatoms. The highest BCUT2D eigenvalue weighted by Crippen LogP contribution is 2.32. The van der Waals surface area contributed by atoms with Gasteiger partial charge in [0.25, 0.3) is 0 Å². The van der Waals surface area contributed by atoms with Crippen LogP contribution in [0.2, 0.25) is 0 Å². The molecule has 1 fully saturated rings. The standard InChI is InChI=1S/C17H24N4O/c1-13(15-5-3-4-8-18-15)21-10-6-14(7-11-21)16(22)17-19-9-12-20(17)2/h3-5,8-9,12-14,16,22H,6-7,10-11H2,1-2H3/t13-,16+/m1/s1. The highest BCUT2D eigenvalue weighted by atomic mass is 16.3. The molecule has 3 rings (SSSR count). The Bertz CT molecular complexity index is 590. The van der Waals surface area contributed by atoms with Crippen LogP contribution in [0.5, 0.6) is 0 Å². The van der Waals surface area contributed by atoms with Crippen LogP contribution in [-0.2, 0) is 7.05 Å². The number of hydrogen-bond acceptors (Lipinski definition) is 4. The minimum absolute atomic E-state index is 0.285. The van der Waals surface area contributed by atoms with Gasteiger partial charge in [-0.1, -0.05) is 6.07 Å². The fourth-order valence-electron chi connectivity index (χ4n) is 3.31. The van der Waals surface area contributed by atoms with Gasteiger partial charge in [-0.05, 0) is 50.9 Å². The number of rotatable bonds is 4. The Morgan fingerprint density at radius 1 is 1.18 bits per heavy atom. The number of pyridine rings is 1. The Morgan fingerprint density at radius 2 is 1.95 bits per heavy atom. The zero-order chi connectivity index (χ0) is 15.5. The number of hydrogen-bond donors (Lipinski definition) is 1. The predicted molar refractivity (Wildman–Crippen MR) is 85.1 cm³/mol. The molecule has 2 atom stereocenters. The first-order valence-electron chi connectivity index (χ1n) is 7.97. The zero-order valence-electron chi connectivity index (χ0n) is 13.3. The molecule has 1 aliphatic rings. The van der Waals surface area contributed by atoms with Crippen LogP contribution in [-0.4, -0.2) is 37.6 Å². The van der Waals surface area contributed by atoms with E-state index in [2.05, 4.69) is 27.9 Å². The summed E-state index contributed by atoms with van der Waals surface area (Å²) in [4.78, 5) is 11.2. The van der Waals surface area contributed by atoms with E-state index in [0.717, 1.165) is 37.4 Å². The number of aromatic nitrogens is 3. The molecule has 0 saturated carbocycles. The number of nitrogens with zero attached hydrogens (tertiary/aromatic N) is 4. The fourth-order valence-corrected chi connectivity index (χ4v) is 3.31. The van der Waals surface area contributed by atoms with Gasteiger partial charge < -0.3 is 9.67 Å². The smallest absolute Gasteiger partial charge is 0.137 e. The van der Waals surface area contributed by atoms with Crippen molar-refractivity contribution in [1.82, 2.24) is 19.4 Å². The van der Waals surface area contributed by atoms with Crippen LogP contribution < -0.4 is 0 Å². The van der Waals surface area contributed by atoms with Crippen LogP contribution in [0.4, 0.5) is 0 Å². The van der Waals surface area contributed by atoms with Crippen LogP contribution in [0.25, 0.3) is 0 Å². The van der Waals surface area contributed by atoms with E-state index in [0.29, 0.717) is 6.04 Å². The summed E-state index contributed by atoms with van der Waals surface area (Å²) in [7, 11) is 1.93. The van der Waals surface area contributed by atoms with Crippen molar-refractivity contribution in [2.24, 2.45) is 13.0 Å². The quantitative estimate of drug-likeness (QED) is 0.941. The van der Waals surface area contributed by atoms with E-state index in [-0.39, 0.29) is 5.92 Å². The van der Waals surface area contributed by atoms with Crippen LogP contribution in [0.1, 0.15) is 43.4 Å². The minimum Gasteiger partial charge on any atom is -0.385 e. The Hall–Kier alpha value is -1.72. The summed E-state index contributed by atoms with van der Waals surface area (Å²) in [5.74, 6) is 1.06. The number of likely N-dealkylation sites (tertiary alicyclic amines) is 1. The normalized spacial score (nSPS) is 20.0. The SMILES string of the molecule is C[C@H](c1ccccn1)N1CCC([C@H](O)c2nccn2C)CC1. The molecule has 0 radical (unpaired) electrons. The average Bonchev–Trinajstić information content (AvgIpc) is 3.00. The van der Waals surface area contributed by atoms with E-state index in [1.165, 1.54) is 0 Å². The van der Waals surface area contributed by atoms with Crippen molar-refractivity contribution < 1.29 is 5.11 Å². The van der Waals surface area contributed by atoms with Gasteiger partial charge in [0, 0.05) is 31.7 Å². The van der Waals surface area contributed by atoms with Gasteiger partial charge >= 0.3 is 0 Å². The number of piperidine rings is 1. The fraction of sp³-hybridized carbons (Fsp3) is 0.529. The van der Waals surface area contributed by atoms with Crippen molar-refractivity contribution in [3.05, 3.63) is 48.3 Å². The Morgan fingerprint density at radius 3 is 2.55 bits per heavy atom. The van der Waals surface area contributed by atoms with Crippen molar-refractivity contribution in [2.75, 3.05) is 13.1 Å². The lowest BCUT2D eigenvalue weighted by Crippen LogP contribution is -2.37. The lowest BCUT2D eigenvalue weighted by Gasteiger charge is -2.37. The average molecular weight is 300 g/mol. The van der Waals surface area contributed by atoms with E-state index >= 15 is 0 Å². The molecule has 0 spiro atoms. The third kappa shape index (κ3) is 3.05. The molecule has 0 unspecified atom stereocenters. The monoisotopic (exact) mass is 300 g/mol. The summed E-state index contributed by atoms with van der Waals surface area (Å²) in [6.45, 7) is 4.19. The summed E-state index contributed by atoms with van der Waals surface area (Å²) in [6.07, 6.45) is 7.00. The van der Waals surface area contributed by atoms with Crippen LogP contribution in [0.3, 0.4) is 0 Å². The minimum atomic E-state index is -0.465. The third-order valence-corrected chi connectivity index (χ3v) is 4.81. The molecule has 118 valence electrons. The number of aryl methyl sites for hydroxylation is 1. The van der Waals surface area contributed by atoms with Gasteiger partial charge in [0.05, 0.1) is 5.69 Å². The Kier molecular flexibility index (Phi) is 4.55. The first-order chi connectivity index (χ1) is 10.7. The molecular weight excluding hydrogens is 276 g/mol. The summed E-state index contributed by atoms with van der Waals surface area (Å²) < 4.78 is 1.91. The molecule has 1 N–H and O–H groups in total. The van der Waals surface area contributed by atoms with E-state index < -0.39 is 6.10 Å². The van der Waals surface area contributed by atoms with Gasteiger partial charge in [-0.2, -0.15) is 0 Å². The van der Waals surface area contributed by atoms with Gasteiger partial charge in [0.15, 0.2) is 0 Å². The topological polar surface area (TPSA) is 54.2 Å². The molecule has 0 bridgehead atoms. The molecule has 2 aromatic heterocycles. The van der Waals surface area contributed by atoms with Gasteiger partial charge in [-0.15, -0.1) is 0 Å². The third-order valence-electron chi connectivity index (χ3n) is 4.81. The maximum Gasteiger partial charge on any atom is 0.137 e. The summed E-state index contributed by atoms with van der Waals surface area (Å²) >= 11 is 0. The second-order valence-electron chi connectivity index (χ2n) is 6.15. The van der Waals surface area contributed by atoms with Crippen LogP contribution in [0, 0.1) is 5.92 Å². The van der Waals surface area contributed by atoms with Crippen LogP contribution >= 0.6 is 0 Å². The van der Waals surface area contributed by atoms with Crippen molar-refractivity contribution in [1.29, 1.82) is 0 Å². The first-order valence-corrected chi connectivity index (χ1v) is 7.97. The van der Waals surface area contributed by atoms with E-state index in [1.807, 2.05) is 36.1 Å². The second kappa shape index (κ2) is 6.58. The largest absolute Gasteiger partial charge is 0.385 e. The highest BCUT2D eigenvalue weighted by molar-refractivity contribution is 5.08. The number of aliphatic hydroxyl groups is 1. The van der Waals surface area contributed by atoms with Crippen LogP contribution in [0.15, 0.2) is 36.8 Å². The molecule has 1 saturated heterocycles. The molecule has 0 aromatic carbocycles. The second-order valence-corrected chi connectivity index (χ2v) is 6.15. The van der Waals surface area contributed by atoms with Crippen molar-refractivity contribution in [3.8, 4) is 0 Å². The lowest BCUT2D eigenvalue weighted by molar-refractivity contribution is 0.0400. The van der Waals surface area contributed by atoms with E-state index in [1.54, 1.807) is 6.20 Å². The van der Waals surface area contributed by atoms with Gasteiger partial charge in [0.1, 0.15) is 11.9 Å². The van der Waals surface area contributed by atoms with E-state index in [4.69, 9.17) is 0 Å². The van der Waals surface area contributed by atoms with Crippen molar-refractivity contribution in [2.45, 2.75) is 31.9 Å². The highest BCUT2D eigenvalue weighted by Gasteiger charge is 2.30. The van der Waals surface area contributed by atoms with E-state index in [9.17, 15) is 5.11 Å². The predicted octanol–water partition coefficient (Wildman–Crippen LogP) is 2.32. The summed E-state index contributed by atoms with van der Waals surface area (Å²) in [5, 5.41) is 10.5. The first kappa shape index (κ1) is 15.2. The maximum atomic E-state index is 10.5. The zero-order valence-corrected chi connectivity index (χ0v) is 13.3. The Balaban J connectivity index is 1.60. The molecule has 1 aliphatic heterocycles. The molecule has 3 heterocycles. The number of imidazole rings is 1. The van der Waals surface area contributed by atoms with Gasteiger partial charge in [-0.3, -0.25) is 9.88 Å². The lowest BCUT2D eigenvalue weighted by atomic mass is 9.90. The van der Waals surface area contributed by atoms with Crippen molar-refractivity contribution in [3.63, 3.8) is 0 Å². The van der Waals surface area contributed by atoms with Crippen molar-refractivity contribution >= 4 is 0 Å². The molecule has 2 aromatic rings. The number of aliphatic hydroxyl groups excluding tert-OH is 1. The summed E-state index contributed by atoms with van der Waals surface area (Å²) in [5.41, 5.74) is 1.12. The van der Waals surface area contributed by atoms with Gasteiger partial charge in [-0.25, -0.2) is 4.98 Å². The molecule has 5 nitrogen and oxygen atoms in total. The molecule has 0 amide bonds. The molecular formula is C17H24N4O. The molecule has 0 aliphatic carbocycles. The Labute approximate surface area is 131 Å².